The molecule has 0 spiro atoms. The minimum atomic E-state index is -0.124. The van der Waals surface area contributed by atoms with E-state index in [1.807, 2.05) is 11.8 Å². The molecule has 1 N–H and O–H groups in total. The lowest BCUT2D eigenvalue weighted by atomic mass is 10.1. The standard InChI is InChI=1S/C18H21N5O2S/c24-18-7-11-2-1-3-14(11)22-23(18)16-9-25-8-15(16)19-17-6-12-10-26-5-4-13(12)20-21-17/h6-7,15-16H,1-5,8-10H2,(H,19,21). The number of hydrogen-bond acceptors (Lipinski definition) is 7. The maximum atomic E-state index is 12.5. The predicted molar refractivity (Wildman–Crippen MR) is 99.7 cm³/mol. The Bertz CT molecular complexity index is 900. The van der Waals surface area contributed by atoms with Crippen molar-refractivity contribution in [1.29, 1.82) is 0 Å². The van der Waals surface area contributed by atoms with E-state index < -0.39 is 0 Å². The molecule has 1 saturated heterocycles. The van der Waals surface area contributed by atoms with Crippen molar-refractivity contribution in [2.24, 2.45) is 0 Å². The molecule has 0 radical (unpaired) electrons. The van der Waals surface area contributed by atoms with Gasteiger partial charge in [0.2, 0.25) is 0 Å². The average Bonchev–Trinajstić information content (AvgIpc) is 3.29. The molecule has 2 aliphatic heterocycles. The van der Waals surface area contributed by atoms with Crippen molar-refractivity contribution in [1.82, 2.24) is 20.0 Å². The molecule has 1 aliphatic carbocycles. The second-order valence-electron chi connectivity index (χ2n) is 7.11. The van der Waals surface area contributed by atoms with Gasteiger partial charge in [-0.1, -0.05) is 0 Å². The number of rotatable bonds is 3. The summed E-state index contributed by atoms with van der Waals surface area (Å²) >= 11 is 1.92. The monoisotopic (exact) mass is 371 g/mol. The van der Waals surface area contributed by atoms with Crippen LogP contribution in [0.5, 0.6) is 0 Å². The molecule has 2 aromatic rings. The van der Waals surface area contributed by atoms with E-state index in [2.05, 4.69) is 26.7 Å². The molecule has 26 heavy (non-hydrogen) atoms. The van der Waals surface area contributed by atoms with Crippen LogP contribution in [0.1, 0.15) is 35.0 Å². The highest BCUT2D eigenvalue weighted by molar-refractivity contribution is 7.98. The second kappa shape index (κ2) is 6.66. The summed E-state index contributed by atoms with van der Waals surface area (Å²) in [6, 6.07) is 3.67. The zero-order chi connectivity index (χ0) is 17.5. The fourth-order valence-electron chi connectivity index (χ4n) is 3.98. The Morgan fingerprint density at radius 3 is 3.04 bits per heavy atom. The molecule has 2 atom stereocenters. The molecular weight excluding hydrogens is 350 g/mol. The van der Waals surface area contributed by atoms with Crippen LogP contribution in [0.15, 0.2) is 16.9 Å². The molecule has 2 aromatic heterocycles. The number of anilines is 1. The lowest BCUT2D eigenvalue weighted by Crippen LogP contribution is -2.38. The number of aryl methyl sites for hydroxylation is 3. The zero-order valence-corrected chi connectivity index (χ0v) is 15.3. The van der Waals surface area contributed by atoms with Crippen molar-refractivity contribution in [3.63, 3.8) is 0 Å². The summed E-state index contributed by atoms with van der Waals surface area (Å²) in [6.07, 6.45) is 3.98. The van der Waals surface area contributed by atoms with Gasteiger partial charge in [-0.25, -0.2) is 4.68 Å². The Labute approximate surface area is 155 Å². The van der Waals surface area contributed by atoms with Gasteiger partial charge in [-0.15, -0.1) is 5.10 Å². The van der Waals surface area contributed by atoms with Gasteiger partial charge in [0.25, 0.3) is 5.56 Å². The van der Waals surface area contributed by atoms with Gasteiger partial charge in [0.1, 0.15) is 11.9 Å². The zero-order valence-electron chi connectivity index (χ0n) is 14.5. The Kier molecular flexibility index (Phi) is 4.17. The highest BCUT2D eigenvalue weighted by atomic mass is 32.2. The summed E-state index contributed by atoms with van der Waals surface area (Å²) < 4.78 is 7.28. The van der Waals surface area contributed by atoms with Gasteiger partial charge in [-0.2, -0.15) is 22.0 Å². The molecule has 3 aliphatic rings. The number of nitrogens with zero attached hydrogens (tertiary/aromatic N) is 4. The molecule has 4 heterocycles. The molecule has 0 aromatic carbocycles. The fraction of sp³-hybridized carbons (Fsp3) is 0.556. The van der Waals surface area contributed by atoms with Crippen LogP contribution in [0, 0.1) is 0 Å². The second-order valence-corrected chi connectivity index (χ2v) is 8.22. The highest BCUT2D eigenvalue weighted by Crippen LogP contribution is 2.26. The summed E-state index contributed by atoms with van der Waals surface area (Å²) in [5, 5.41) is 16.8. The van der Waals surface area contributed by atoms with Crippen LogP contribution in [0.3, 0.4) is 0 Å². The summed E-state index contributed by atoms with van der Waals surface area (Å²) in [4.78, 5) is 12.5. The summed E-state index contributed by atoms with van der Waals surface area (Å²) in [5.74, 6) is 2.84. The SMILES string of the molecule is O=c1cc2c(nn1C1COCC1Nc1cc3c(nn1)CCSC3)CCC2. The minimum Gasteiger partial charge on any atom is -0.377 e. The van der Waals surface area contributed by atoms with Gasteiger partial charge in [0.05, 0.1) is 30.6 Å². The van der Waals surface area contributed by atoms with Crippen LogP contribution < -0.4 is 10.9 Å². The van der Waals surface area contributed by atoms with Crippen LogP contribution in [0.4, 0.5) is 5.82 Å². The third kappa shape index (κ3) is 2.91. The van der Waals surface area contributed by atoms with Crippen LogP contribution in [-0.4, -0.2) is 45.0 Å². The van der Waals surface area contributed by atoms with Crippen LogP contribution in [0.25, 0.3) is 0 Å². The third-order valence-corrected chi connectivity index (χ3v) is 6.39. The van der Waals surface area contributed by atoms with E-state index in [0.29, 0.717) is 13.2 Å². The normalized spacial score (nSPS) is 24.3. The van der Waals surface area contributed by atoms with Crippen LogP contribution in [-0.2, 0) is 29.8 Å². The Morgan fingerprint density at radius 1 is 1.12 bits per heavy atom. The Hall–Kier alpha value is -1.93. The van der Waals surface area contributed by atoms with Crippen molar-refractivity contribution in [2.45, 2.75) is 43.5 Å². The van der Waals surface area contributed by atoms with Gasteiger partial charge in [-0.05, 0) is 42.2 Å². The summed E-state index contributed by atoms with van der Waals surface area (Å²) in [6.45, 7) is 1.01. The Morgan fingerprint density at radius 2 is 2.08 bits per heavy atom. The topological polar surface area (TPSA) is 81.9 Å². The van der Waals surface area contributed by atoms with E-state index in [-0.39, 0.29) is 17.6 Å². The first-order valence-electron chi connectivity index (χ1n) is 9.17. The number of hydrogen-bond donors (Lipinski definition) is 1. The van der Waals surface area contributed by atoms with Gasteiger partial charge < -0.3 is 10.1 Å². The van der Waals surface area contributed by atoms with Gasteiger partial charge in [0.15, 0.2) is 0 Å². The molecule has 0 amide bonds. The average molecular weight is 371 g/mol. The molecule has 7 nitrogen and oxygen atoms in total. The fourth-order valence-corrected chi connectivity index (χ4v) is 4.93. The van der Waals surface area contributed by atoms with Crippen molar-refractivity contribution in [2.75, 3.05) is 24.3 Å². The molecular formula is C18H21N5O2S. The van der Waals surface area contributed by atoms with E-state index in [9.17, 15) is 4.79 Å². The summed E-state index contributed by atoms with van der Waals surface area (Å²) in [7, 11) is 0. The molecule has 1 fully saturated rings. The summed E-state index contributed by atoms with van der Waals surface area (Å²) in [5.41, 5.74) is 4.47. The van der Waals surface area contributed by atoms with Gasteiger partial charge in [-0.3, -0.25) is 4.79 Å². The first kappa shape index (κ1) is 16.3. The van der Waals surface area contributed by atoms with Crippen molar-refractivity contribution in [3.8, 4) is 0 Å². The van der Waals surface area contributed by atoms with E-state index in [0.717, 1.165) is 60.0 Å². The lowest BCUT2D eigenvalue weighted by molar-refractivity contribution is 0.182. The maximum absolute atomic E-state index is 12.5. The minimum absolute atomic E-state index is 0.0387. The number of aromatic nitrogens is 4. The molecule has 8 heteroatoms. The van der Waals surface area contributed by atoms with Crippen LogP contribution >= 0.6 is 11.8 Å². The molecule has 2 unspecified atom stereocenters. The number of thioether (sulfide) groups is 1. The lowest BCUT2D eigenvalue weighted by Gasteiger charge is -2.22. The first-order chi connectivity index (χ1) is 12.8. The Balaban J connectivity index is 1.40. The van der Waals surface area contributed by atoms with Gasteiger partial charge >= 0.3 is 0 Å². The number of ether oxygens (including phenoxy) is 1. The van der Waals surface area contributed by atoms with Crippen LogP contribution in [0.2, 0.25) is 0 Å². The third-order valence-electron chi connectivity index (χ3n) is 5.38. The van der Waals surface area contributed by atoms with E-state index >= 15 is 0 Å². The molecule has 5 rings (SSSR count). The van der Waals surface area contributed by atoms with E-state index in [1.54, 1.807) is 10.7 Å². The quantitative estimate of drug-likeness (QED) is 0.872. The predicted octanol–water partition coefficient (Wildman–Crippen LogP) is 1.36. The van der Waals surface area contributed by atoms with E-state index in [1.165, 1.54) is 5.56 Å². The van der Waals surface area contributed by atoms with E-state index in [4.69, 9.17) is 4.74 Å². The molecule has 0 bridgehead atoms. The van der Waals surface area contributed by atoms with Crippen molar-refractivity contribution >= 4 is 17.6 Å². The maximum Gasteiger partial charge on any atom is 0.267 e. The smallest absolute Gasteiger partial charge is 0.267 e. The highest BCUT2D eigenvalue weighted by Gasteiger charge is 2.32. The molecule has 136 valence electrons. The van der Waals surface area contributed by atoms with Gasteiger partial charge in [0, 0.05) is 18.2 Å². The largest absolute Gasteiger partial charge is 0.377 e. The first-order valence-corrected chi connectivity index (χ1v) is 10.3. The number of fused-ring (bicyclic) bond motifs is 2. The van der Waals surface area contributed by atoms with Crippen molar-refractivity contribution < 1.29 is 4.74 Å². The number of nitrogens with one attached hydrogen (secondary N) is 1. The molecule has 0 saturated carbocycles. The van der Waals surface area contributed by atoms with Crippen molar-refractivity contribution in [3.05, 3.63) is 45.0 Å².